The van der Waals surface area contributed by atoms with Gasteiger partial charge in [-0.1, -0.05) is 0 Å². The summed E-state index contributed by atoms with van der Waals surface area (Å²) in [4.78, 5) is 11.6. The highest BCUT2D eigenvalue weighted by Crippen LogP contribution is 2.20. The van der Waals surface area contributed by atoms with Gasteiger partial charge in [-0.2, -0.15) is 5.10 Å². The minimum Gasteiger partial charge on any atom is -0.352 e. The third-order valence-corrected chi connectivity index (χ3v) is 2.83. The Balaban J connectivity index is 1.99. The Bertz CT molecular complexity index is 346. The molecule has 1 aliphatic carbocycles. The van der Waals surface area contributed by atoms with Gasteiger partial charge in [0.25, 0.3) is 0 Å². The molecule has 5 heteroatoms. The van der Waals surface area contributed by atoms with Gasteiger partial charge in [0.2, 0.25) is 5.91 Å². The van der Waals surface area contributed by atoms with Crippen LogP contribution in [0.15, 0.2) is 12.4 Å². The second-order valence-corrected chi connectivity index (χ2v) is 4.84. The van der Waals surface area contributed by atoms with Crippen LogP contribution in [0, 0.1) is 3.57 Å². The van der Waals surface area contributed by atoms with Crippen LogP contribution < -0.4 is 5.32 Å². The molecule has 1 atom stereocenters. The van der Waals surface area contributed by atoms with Crippen molar-refractivity contribution in [3.05, 3.63) is 16.0 Å². The average Bonchev–Trinajstić information content (AvgIpc) is 2.85. The van der Waals surface area contributed by atoms with Crippen LogP contribution in [0.1, 0.15) is 25.8 Å². The molecule has 1 aliphatic rings. The number of hydrogen-bond donors (Lipinski definition) is 1. The van der Waals surface area contributed by atoms with Crippen molar-refractivity contribution in [3.63, 3.8) is 0 Å². The molecule has 0 radical (unpaired) electrons. The number of aromatic nitrogens is 2. The van der Waals surface area contributed by atoms with E-state index in [1.165, 1.54) is 0 Å². The molecule has 1 N–H and O–H groups in total. The van der Waals surface area contributed by atoms with Gasteiger partial charge in [0.15, 0.2) is 0 Å². The van der Waals surface area contributed by atoms with E-state index in [9.17, 15) is 4.79 Å². The standard InChI is InChI=1S/C9H12IN3O/c1-6(9(14)12-8-2-3-8)13-5-7(10)4-11-13/h4-6,8H,2-3H2,1H3,(H,12,14). The number of carbonyl (C=O) groups is 1. The Hall–Kier alpha value is -0.590. The molecule has 1 fully saturated rings. The smallest absolute Gasteiger partial charge is 0.244 e. The maximum atomic E-state index is 11.6. The first kappa shape index (κ1) is 9.95. The van der Waals surface area contributed by atoms with E-state index in [1.54, 1.807) is 10.9 Å². The van der Waals surface area contributed by atoms with Crippen LogP contribution in [-0.4, -0.2) is 21.7 Å². The van der Waals surface area contributed by atoms with E-state index in [2.05, 4.69) is 33.0 Å². The molecule has 2 rings (SSSR count). The van der Waals surface area contributed by atoms with E-state index in [0.29, 0.717) is 6.04 Å². The molecule has 1 amide bonds. The summed E-state index contributed by atoms with van der Waals surface area (Å²) in [5.74, 6) is 0.0620. The minimum absolute atomic E-state index is 0.0620. The van der Waals surface area contributed by atoms with Gasteiger partial charge in [-0.05, 0) is 42.4 Å². The number of rotatable bonds is 3. The van der Waals surface area contributed by atoms with Crippen LogP contribution in [0.4, 0.5) is 0 Å². The molecule has 1 aromatic heterocycles. The highest BCUT2D eigenvalue weighted by molar-refractivity contribution is 14.1. The van der Waals surface area contributed by atoms with E-state index in [1.807, 2.05) is 13.1 Å². The molecule has 1 saturated carbocycles. The molecule has 0 bridgehead atoms. The molecular formula is C9H12IN3O. The Morgan fingerprint density at radius 2 is 2.50 bits per heavy atom. The van der Waals surface area contributed by atoms with Crippen molar-refractivity contribution in [1.82, 2.24) is 15.1 Å². The SMILES string of the molecule is CC(C(=O)NC1CC1)n1cc(I)cn1. The molecule has 0 spiro atoms. The van der Waals surface area contributed by atoms with Crippen LogP contribution in [0.25, 0.3) is 0 Å². The number of hydrogen-bond acceptors (Lipinski definition) is 2. The lowest BCUT2D eigenvalue weighted by Gasteiger charge is -2.11. The van der Waals surface area contributed by atoms with Crippen LogP contribution in [0.3, 0.4) is 0 Å². The summed E-state index contributed by atoms with van der Waals surface area (Å²) < 4.78 is 2.74. The Labute approximate surface area is 96.2 Å². The van der Waals surface area contributed by atoms with Crippen molar-refractivity contribution < 1.29 is 4.79 Å². The second-order valence-electron chi connectivity index (χ2n) is 3.60. The number of halogens is 1. The van der Waals surface area contributed by atoms with Gasteiger partial charge in [0.1, 0.15) is 6.04 Å². The topological polar surface area (TPSA) is 46.9 Å². The van der Waals surface area contributed by atoms with Crippen molar-refractivity contribution in [2.75, 3.05) is 0 Å². The molecule has 1 heterocycles. The van der Waals surface area contributed by atoms with Crippen LogP contribution in [0.5, 0.6) is 0 Å². The number of nitrogens with one attached hydrogen (secondary N) is 1. The zero-order valence-electron chi connectivity index (χ0n) is 7.90. The van der Waals surface area contributed by atoms with Gasteiger partial charge in [0, 0.05) is 12.2 Å². The average molecular weight is 305 g/mol. The fourth-order valence-corrected chi connectivity index (χ4v) is 1.61. The first-order valence-corrected chi connectivity index (χ1v) is 5.74. The van der Waals surface area contributed by atoms with E-state index >= 15 is 0 Å². The third kappa shape index (κ3) is 2.26. The molecular weight excluding hydrogens is 293 g/mol. The molecule has 0 aliphatic heterocycles. The summed E-state index contributed by atoms with van der Waals surface area (Å²) >= 11 is 2.18. The first-order chi connectivity index (χ1) is 6.66. The van der Waals surface area contributed by atoms with Gasteiger partial charge in [-0.3, -0.25) is 9.48 Å². The van der Waals surface area contributed by atoms with Gasteiger partial charge < -0.3 is 5.32 Å². The first-order valence-electron chi connectivity index (χ1n) is 4.67. The molecule has 0 aromatic carbocycles. The molecule has 1 aromatic rings. The van der Waals surface area contributed by atoms with Gasteiger partial charge in [-0.15, -0.1) is 0 Å². The second kappa shape index (κ2) is 3.88. The lowest BCUT2D eigenvalue weighted by molar-refractivity contribution is -0.124. The van der Waals surface area contributed by atoms with Crippen molar-refractivity contribution >= 4 is 28.5 Å². The van der Waals surface area contributed by atoms with E-state index in [4.69, 9.17) is 0 Å². The maximum absolute atomic E-state index is 11.6. The van der Waals surface area contributed by atoms with Crippen LogP contribution in [0.2, 0.25) is 0 Å². The molecule has 0 saturated heterocycles. The van der Waals surface area contributed by atoms with Crippen molar-refractivity contribution in [3.8, 4) is 0 Å². The third-order valence-electron chi connectivity index (χ3n) is 2.27. The summed E-state index contributed by atoms with van der Waals surface area (Å²) in [5.41, 5.74) is 0. The minimum atomic E-state index is -0.209. The lowest BCUT2D eigenvalue weighted by Crippen LogP contribution is -2.32. The normalized spacial score (nSPS) is 17.9. The number of nitrogens with zero attached hydrogens (tertiary/aromatic N) is 2. The van der Waals surface area contributed by atoms with Gasteiger partial charge in [-0.25, -0.2) is 0 Å². The van der Waals surface area contributed by atoms with Crippen molar-refractivity contribution in [2.45, 2.75) is 31.8 Å². The van der Waals surface area contributed by atoms with E-state index in [-0.39, 0.29) is 11.9 Å². The predicted molar refractivity (Wildman–Crippen MR) is 60.8 cm³/mol. The summed E-state index contributed by atoms with van der Waals surface area (Å²) in [7, 11) is 0. The molecule has 76 valence electrons. The zero-order valence-corrected chi connectivity index (χ0v) is 10.1. The fourth-order valence-electron chi connectivity index (χ4n) is 1.20. The van der Waals surface area contributed by atoms with Gasteiger partial charge in [0.05, 0.1) is 9.77 Å². The summed E-state index contributed by atoms with van der Waals surface area (Å²) in [6.07, 6.45) is 5.86. The summed E-state index contributed by atoms with van der Waals surface area (Å²) in [5, 5.41) is 7.07. The fraction of sp³-hybridized carbons (Fsp3) is 0.556. The summed E-state index contributed by atoms with van der Waals surface area (Å²) in [6, 6.07) is 0.207. The molecule has 1 unspecified atom stereocenters. The van der Waals surface area contributed by atoms with Crippen LogP contribution >= 0.6 is 22.6 Å². The number of amides is 1. The Kier molecular flexibility index (Phi) is 2.76. The zero-order chi connectivity index (χ0) is 10.1. The highest BCUT2D eigenvalue weighted by atomic mass is 127. The van der Waals surface area contributed by atoms with Crippen molar-refractivity contribution in [2.24, 2.45) is 0 Å². The predicted octanol–water partition coefficient (Wildman–Crippen LogP) is 1.33. The van der Waals surface area contributed by atoms with Gasteiger partial charge >= 0.3 is 0 Å². The summed E-state index contributed by atoms with van der Waals surface area (Å²) in [6.45, 7) is 1.86. The van der Waals surface area contributed by atoms with Crippen LogP contribution in [-0.2, 0) is 4.79 Å². The van der Waals surface area contributed by atoms with E-state index in [0.717, 1.165) is 16.4 Å². The number of carbonyl (C=O) groups excluding carboxylic acids is 1. The monoisotopic (exact) mass is 305 g/mol. The molecule has 14 heavy (non-hydrogen) atoms. The quantitative estimate of drug-likeness (QED) is 0.856. The maximum Gasteiger partial charge on any atom is 0.244 e. The molecule has 4 nitrogen and oxygen atoms in total. The Morgan fingerprint density at radius 3 is 3.00 bits per heavy atom. The Morgan fingerprint density at radius 1 is 1.79 bits per heavy atom. The highest BCUT2D eigenvalue weighted by Gasteiger charge is 2.26. The van der Waals surface area contributed by atoms with E-state index < -0.39 is 0 Å². The lowest BCUT2D eigenvalue weighted by atomic mass is 10.3. The van der Waals surface area contributed by atoms with Crippen molar-refractivity contribution in [1.29, 1.82) is 0 Å². The largest absolute Gasteiger partial charge is 0.352 e.